The minimum absolute atomic E-state index is 0.210. The summed E-state index contributed by atoms with van der Waals surface area (Å²) in [4.78, 5) is 23.5. The fourth-order valence-electron chi connectivity index (χ4n) is 2.78. The normalized spacial score (nSPS) is 23.8. The van der Waals surface area contributed by atoms with Crippen molar-refractivity contribution in [3.05, 3.63) is 52.6 Å². The van der Waals surface area contributed by atoms with Gasteiger partial charge in [0.25, 0.3) is 0 Å². The highest BCUT2D eigenvalue weighted by atomic mass is 127. The Morgan fingerprint density at radius 3 is 2.64 bits per heavy atom. The molecule has 3 atom stereocenters. The van der Waals surface area contributed by atoms with Crippen molar-refractivity contribution in [2.24, 2.45) is 5.92 Å². The van der Waals surface area contributed by atoms with Gasteiger partial charge in [0.05, 0.1) is 9.84 Å². The maximum absolute atomic E-state index is 11.9. The van der Waals surface area contributed by atoms with Gasteiger partial charge >= 0.3 is 5.97 Å². The summed E-state index contributed by atoms with van der Waals surface area (Å²) in [5.74, 6) is 0.467. The Hall–Kier alpha value is -1.62. The zero-order valence-electron chi connectivity index (χ0n) is 13.4. The first kappa shape index (κ1) is 19.7. The van der Waals surface area contributed by atoms with Crippen molar-refractivity contribution in [2.45, 2.75) is 16.4 Å². The number of carboxylic acid groups (broad SMARTS) is 1. The number of hydrogen-bond donors (Lipinski definition) is 1. The predicted octanol–water partition coefficient (Wildman–Crippen LogP) is 3.78. The Balaban J connectivity index is 2.69. The van der Waals surface area contributed by atoms with E-state index in [4.69, 9.17) is 22.8 Å². The standard InChI is InChI=1S/C19H16ClIO4/c1-3-12(11-22)16-15(13-5-7-14(20)8-6-13)9-10-19(17(16)21,18(23)24)25-4-2/h1,5-12,17H,4H2,2H3,(H,23,24). The second-order valence-corrected chi connectivity index (χ2v) is 7.07. The van der Waals surface area contributed by atoms with Crippen LogP contribution in [0.1, 0.15) is 12.5 Å². The molecule has 0 saturated carbocycles. The molecular weight excluding hydrogens is 455 g/mol. The third kappa shape index (κ3) is 3.66. The van der Waals surface area contributed by atoms with E-state index in [0.717, 1.165) is 5.56 Å². The molecule has 1 aliphatic carbocycles. The van der Waals surface area contributed by atoms with Crippen LogP contribution in [0.2, 0.25) is 5.02 Å². The predicted molar refractivity (Wildman–Crippen MR) is 106 cm³/mol. The Morgan fingerprint density at radius 2 is 2.16 bits per heavy atom. The summed E-state index contributed by atoms with van der Waals surface area (Å²) in [6.07, 6.45) is 9.35. The van der Waals surface area contributed by atoms with Crippen molar-refractivity contribution in [3.8, 4) is 12.3 Å². The number of terminal acetylenes is 1. The molecule has 130 valence electrons. The Labute approximate surface area is 165 Å². The maximum Gasteiger partial charge on any atom is 0.341 e. The van der Waals surface area contributed by atoms with Crippen LogP contribution in [0.4, 0.5) is 0 Å². The summed E-state index contributed by atoms with van der Waals surface area (Å²) in [6, 6.07) is 7.06. The van der Waals surface area contributed by atoms with Crippen molar-refractivity contribution < 1.29 is 19.4 Å². The molecular formula is C19H16ClIO4. The lowest BCUT2D eigenvalue weighted by Gasteiger charge is -2.37. The Morgan fingerprint density at radius 1 is 1.52 bits per heavy atom. The van der Waals surface area contributed by atoms with Gasteiger partial charge in [-0.15, -0.1) is 6.42 Å². The summed E-state index contributed by atoms with van der Waals surface area (Å²) in [7, 11) is 0. The van der Waals surface area contributed by atoms with Crippen LogP contribution >= 0.6 is 34.2 Å². The van der Waals surface area contributed by atoms with E-state index in [9.17, 15) is 14.7 Å². The molecule has 1 N–H and O–H groups in total. The maximum atomic E-state index is 11.9. The second-order valence-electron chi connectivity index (χ2n) is 5.38. The topological polar surface area (TPSA) is 63.6 Å². The van der Waals surface area contributed by atoms with Crippen LogP contribution in [0.5, 0.6) is 0 Å². The van der Waals surface area contributed by atoms with Crippen molar-refractivity contribution in [1.82, 2.24) is 0 Å². The number of hydrogen-bond acceptors (Lipinski definition) is 3. The van der Waals surface area contributed by atoms with Crippen LogP contribution in [0.3, 0.4) is 0 Å². The molecule has 0 fully saturated rings. The molecule has 0 aliphatic heterocycles. The number of aldehydes is 1. The van der Waals surface area contributed by atoms with Gasteiger partial charge in [0.2, 0.25) is 0 Å². The van der Waals surface area contributed by atoms with Gasteiger partial charge in [0, 0.05) is 11.6 Å². The van der Waals surface area contributed by atoms with Crippen LogP contribution in [-0.2, 0) is 14.3 Å². The minimum atomic E-state index is -1.57. The van der Waals surface area contributed by atoms with E-state index in [-0.39, 0.29) is 6.61 Å². The average molecular weight is 471 g/mol. The summed E-state index contributed by atoms with van der Waals surface area (Å²) >= 11 is 7.93. The van der Waals surface area contributed by atoms with E-state index in [1.54, 1.807) is 37.3 Å². The first-order chi connectivity index (χ1) is 11.9. The molecule has 1 aromatic rings. The van der Waals surface area contributed by atoms with Crippen molar-refractivity contribution in [3.63, 3.8) is 0 Å². The molecule has 0 radical (unpaired) electrons. The molecule has 6 heteroatoms. The number of carbonyl (C=O) groups excluding carboxylic acids is 1. The number of aliphatic carboxylic acids is 1. The molecule has 4 nitrogen and oxygen atoms in total. The fourth-order valence-corrected chi connectivity index (χ4v) is 4.28. The summed E-state index contributed by atoms with van der Waals surface area (Å²) in [5.41, 5.74) is 0.481. The molecule has 0 saturated heterocycles. The number of halogens is 2. The third-order valence-corrected chi connectivity index (χ3v) is 5.83. The average Bonchev–Trinajstić information content (AvgIpc) is 2.60. The number of rotatable bonds is 6. The number of carbonyl (C=O) groups is 2. The Bertz CT molecular complexity index is 776. The monoisotopic (exact) mass is 470 g/mol. The zero-order chi connectivity index (χ0) is 18.6. The second kappa shape index (κ2) is 8.17. The molecule has 3 unspecified atom stereocenters. The zero-order valence-corrected chi connectivity index (χ0v) is 16.3. The van der Waals surface area contributed by atoms with Crippen molar-refractivity contribution in [1.29, 1.82) is 0 Å². The molecule has 0 bridgehead atoms. The highest BCUT2D eigenvalue weighted by molar-refractivity contribution is 14.1. The highest BCUT2D eigenvalue weighted by Gasteiger charge is 2.49. The smallest absolute Gasteiger partial charge is 0.341 e. The van der Waals surface area contributed by atoms with E-state index in [0.29, 0.717) is 22.5 Å². The van der Waals surface area contributed by atoms with E-state index in [2.05, 4.69) is 5.92 Å². The number of benzene rings is 1. The molecule has 2 rings (SSSR count). The molecule has 0 heterocycles. The van der Waals surface area contributed by atoms with Crippen LogP contribution in [0.25, 0.3) is 5.57 Å². The lowest BCUT2D eigenvalue weighted by molar-refractivity contribution is -0.158. The first-order valence-electron chi connectivity index (χ1n) is 7.53. The number of ether oxygens (including phenoxy) is 1. The Kier molecular flexibility index (Phi) is 6.44. The van der Waals surface area contributed by atoms with E-state index in [1.165, 1.54) is 6.08 Å². The summed E-state index contributed by atoms with van der Waals surface area (Å²) in [6.45, 7) is 1.93. The van der Waals surface area contributed by atoms with E-state index in [1.807, 2.05) is 22.6 Å². The number of allylic oxidation sites excluding steroid dienone is 2. The molecule has 1 aromatic carbocycles. The third-order valence-electron chi connectivity index (χ3n) is 3.98. The fraction of sp³-hybridized carbons (Fsp3) is 0.263. The SMILES string of the molecule is C#CC(C=O)C1=C(c2ccc(Cl)cc2)C=CC(OCC)(C(=O)O)C1I. The molecule has 1 aliphatic rings. The largest absolute Gasteiger partial charge is 0.479 e. The van der Waals surface area contributed by atoms with Crippen LogP contribution in [0.15, 0.2) is 42.0 Å². The summed E-state index contributed by atoms with van der Waals surface area (Å²) in [5, 5.41) is 10.3. The summed E-state index contributed by atoms with van der Waals surface area (Å²) < 4.78 is 4.93. The lowest BCUT2D eigenvalue weighted by Crippen LogP contribution is -2.50. The van der Waals surface area contributed by atoms with Gasteiger partial charge in [-0.05, 0) is 41.8 Å². The molecule has 0 aromatic heterocycles. The first-order valence-corrected chi connectivity index (χ1v) is 9.15. The lowest BCUT2D eigenvalue weighted by atomic mass is 9.78. The van der Waals surface area contributed by atoms with Gasteiger partial charge < -0.3 is 14.6 Å². The highest BCUT2D eigenvalue weighted by Crippen LogP contribution is 2.42. The van der Waals surface area contributed by atoms with Crippen LogP contribution in [0, 0.1) is 18.3 Å². The quantitative estimate of drug-likeness (QED) is 0.297. The van der Waals surface area contributed by atoms with Gasteiger partial charge in [0.1, 0.15) is 6.29 Å². The number of carboxylic acids is 1. The molecule has 25 heavy (non-hydrogen) atoms. The van der Waals surface area contributed by atoms with Crippen molar-refractivity contribution in [2.75, 3.05) is 6.61 Å². The van der Waals surface area contributed by atoms with Crippen LogP contribution < -0.4 is 0 Å². The van der Waals surface area contributed by atoms with Gasteiger partial charge in [-0.25, -0.2) is 4.79 Å². The van der Waals surface area contributed by atoms with Crippen LogP contribution in [-0.4, -0.2) is 33.5 Å². The van der Waals surface area contributed by atoms with E-state index >= 15 is 0 Å². The minimum Gasteiger partial charge on any atom is -0.479 e. The molecule has 0 amide bonds. The van der Waals surface area contributed by atoms with Gasteiger partial charge in [-0.2, -0.15) is 0 Å². The van der Waals surface area contributed by atoms with E-state index < -0.39 is 21.4 Å². The van der Waals surface area contributed by atoms with Gasteiger partial charge in [-0.1, -0.05) is 58.3 Å². The van der Waals surface area contributed by atoms with Gasteiger partial charge in [0.15, 0.2) is 5.60 Å². The molecule has 0 spiro atoms. The van der Waals surface area contributed by atoms with Gasteiger partial charge in [-0.3, -0.25) is 0 Å². The van der Waals surface area contributed by atoms with Crippen molar-refractivity contribution >= 4 is 52.0 Å². The number of alkyl halides is 1.